The van der Waals surface area contributed by atoms with Crippen LogP contribution in [0, 0.1) is 0 Å². The number of amides is 1. The van der Waals surface area contributed by atoms with E-state index >= 15 is 0 Å². The zero-order valence-electron chi connectivity index (χ0n) is 14.1. The standard InChI is InChI=1S/C19H18F3NO3/c1-13-12-23(8-9-25-13)18(24)14-4-2-6-16(10-14)26-17-7-3-5-15(11-17)19(20,21)22/h2-7,10-11,13H,8-9,12H2,1H3/t13-/m1/s1. The summed E-state index contributed by atoms with van der Waals surface area (Å²) in [7, 11) is 0. The number of hydrogen-bond acceptors (Lipinski definition) is 3. The fraction of sp³-hybridized carbons (Fsp3) is 0.316. The van der Waals surface area contributed by atoms with Crippen molar-refractivity contribution >= 4 is 5.91 Å². The molecule has 4 nitrogen and oxygen atoms in total. The van der Waals surface area contributed by atoms with Gasteiger partial charge in [-0.1, -0.05) is 12.1 Å². The number of carbonyl (C=O) groups is 1. The second kappa shape index (κ2) is 7.37. The highest BCUT2D eigenvalue weighted by Gasteiger charge is 2.30. The average Bonchev–Trinajstić information content (AvgIpc) is 2.61. The fourth-order valence-electron chi connectivity index (χ4n) is 2.75. The Labute approximate surface area is 149 Å². The van der Waals surface area contributed by atoms with Crippen LogP contribution in [0.5, 0.6) is 11.5 Å². The molecule has 26 heavy (non-hydrogen) atoms. The molecule has 1 aliphatic heterocycles. The molecule has 1 saturated heterocycles. The lowest BCUT2D eigenvalue weighted by molar-refractivity contribution is -0.137. The summed E-state index contributed by atoms with van der Waals surface area (Å²) in [5.41, 5.74) is -0.367. The zero-order chi connectivity index (χ0) is 18.7. The smallest absolute Gasteiger partial charge is 0.416 e. The molecular formula is C19H18F3NO3. The lowest BCUT2D eigenvalue weighted by Gasteiger charge is -2.31. The average molecular weight is 365 g/mol. The van der Waals surface area contributed by atoms with E-state index in [0.717, 1.165) is 12.1 Å². The van der Waals surface area contributed by atoms with Crippen LogP contribution in [0.1, 0.15) is 22.8 Å². The van der Waals surface area contributed by atoms with Gasteiger partial charge in [0.1, 0.15) is 11.5 Å². The highest BCUT2D eigenvalue weighted by Crippen LogP contribution is 2.32. The molecule has 1 fully saturated rings. The molecule has 138 valence electrons. The van der Waals surface area contributed by atoms with Gasteiger partial charge in [-0.05, 0) is 43.3 Å². The Morgan fingerprint density at radius 3 is 2.54 bits per heavy atom. The quantitative estimate of drug-likeness (QED) is 0.811. The Morgan fingerprint density at radius 1 is 1.15 bits per heavy atom. The number of alkyl halides is 3. The van der Waals surface area contributed by atoms with Gasteiger partial charge in [0.2, 0.25) is 0 Å². The molecule has 0 saturated carbocycles. The predicted octanol–water partition coefficient (Wildman–Crippen LogP) is 4.36. The van der Waals surface area contributed by atoms with E-state index in [9.17, 15) is 18.0 Å². The third-order valence-electron chi connectivity index (χ3n) is 4.01. The maximum atomic E-state index is 12.8. The van der Waals surface area contributed by atoms with Gasteiger partial charge >= 0.3 is 6.18 Å². The molecule has 7 heteroatoms. The van der Waals surface area contributed by atoms with E-state index in [1.165, 1.54) is 18.2 Å². The lowest BCUT2D eigenvalue weighted by Crippen LogP contribution is -2.44. The molecule has 1 heterocycles. The summed E-state index contributed by atoms with van der Waals surface area (Å²) in [4.78, 5) is 14.3. The van der Waals surface area contributed by atoms with E-state index in [-0.39, 0.29) is 17.8 Å². The molecule has 1 atom stereocenters. The van der Waals surface area contributed by atoms with Gasteiger partial charge < -0.3 is 14.4 Å². The third kappa shape index (κ3) is 4.35. The largest absolute Gasteiger partial charge is 0.457 e. The van der Waals surface area contributed by atoms with Crippen LogP contribution >= 0.6 is 0 Å². The number of hydrogen-bond donors (Lipinski definition) is 0. The second-order valence-corrected chi connectivity index (χ2v) is 6.09. The first-order valence-corrected chi connectivity index (χ1v) is 8.19. The van der Waals surface area contributed by atoms with E-state index in [4.69, 9.17) is 9.47 Å². The molecule has 2 aromatic rings. The topological polar surface area (TPSA) is 38.8 Å². The van der Waals surface area contributed by atoms with Crippen molar-refractivity contribution < 1.29 is 27.4 Å². The van der Waals surface area contributed by atoms with Crippen LogP contribution in [0.15, 0.2) is 48.5 Å². The van der Waals surface area contributed by atoms with E-state index in [2.05, 4.69) is 0 Å². The van der Waals surface area contributed by atoms with Crippen LogP contribution in [0.2, 0.25) is 0 Å². The van der Waals surface area contributed by atoms with Crippen molar-refractivity contribution in [3.63, 3.8) is 0 Å². The summed E-state index contributed by atoms with van der Waals surface area (Å²) < 4.78 is 49.3. The summed E-state index contributed by atoms with van der Waals surface area (Å²) in [5.74, 6) is 0.204. The summed E-state index contributed by atoms with van der Waals surface area (Å²) >= 11 is 0. The highest BCUT2D eigenvalue weighted by molar-refractivity contribution is 5.94. The van der Waals surface area contributed by atoms with Gasteiger partial charge in [0.25, 0.3) is 5.91 Å². The van der Waals surface area contributed by atoms with Gasteiger partial charge in [-0.2, -0.15) is 13.2 Å². The van der Waals surface area contributed by atoms with Crippen LogP contribution in [-0.4, -0.2) is 36.6 Å². The van der Waals surface area contributed by atoms with Gasteiger partial charge in [-0.15, -0.1) is 0 Å². The first kappa shape index (κ1) is 18.3. The van der Waals surface area contributed by atoms with Crippen LogP contribution < -0.4 is 4.74 Å². The van der Waals surface area contributed by atoms with Crippen LogP contribution in [0.25, 0.3) is 0 Å². The highest BCUT2D eigenvalue weighted by atomic mass is 19.4. The number of benzene rings is 2. The molecular weight excluding hydrogens is 347 g/mol. The van der Waals surface area contributed by atoms with E-state index in [0.29, 0.717) is 31.0 Å². The maximum absolute atomic E-state index is 12.8. The number of rotatable bonds is 3. The third-order valence-corrected chi connectivity index (χ3v) is 4.01. The lowest BCUT2D eigenvalue weighted by atomic mass is 10.1. The van der Waals surface area contributed by atoms with E-state index < -0.39 is 11.7 Å². The molecule has 0 spiro atoms. The van der Waals surface area contributed by atoms with Gasteiger partial charge in [-0.25, -0.2) is 0 Å². The maximum Gasteiger partial charge on any atom is 0.416 e. The molecule has 0 N–H and O–H groups in total. The molecule has 0 aromatic heterocycles. The van der Waals surface area contributed by atoms with Gasteiger partial charge in [-0.3, -0.25) is 4.79 Å². The van der Waals surface area contributed by atoms with Crippen molar-refractivity contribution in [2.45, 2.75) is 19.2 Å². The number of halogens is 3. The molecule has 3 rings (SSSR count). The first-order chi connectivity index (χ1) is 12.3. The van der Waals surface area contributed by atoms with Gasteiger partial charge in [0, 0.05) is 18.7 Å². The van der Waals surface area contributed by atoms with Crippen LogP contribution in [-0.2, 0) is 10.9 Å². The molecule has 1 aliphatic rings. The van der Waals surface area contributed by atoms with Gasteiger partial charge in [0.05, 0.1) is 18.3 Å². The first-order valence-electron chi connectivity index (χ1n) is 8.19. The van der Waals surface area contributed by atoms with Gasteiger partial charge in [0.15, 0.2) is 0 Å². The monoisotopic (exact) mass is 365 g/mol. The molecule has 0 bridgehead atoms. The van der Waals surface area contributed by atoms with E-state index in [1.807, 2.05) is 6.92 Å². The Hall–Kier alpha value is -2.54. The van der Waals surface area contributed by atoms with Crippen LogP contribution in [0.4, 0.5) is 13.2 Å². The summed E-state index contributed by atoms with van der Waals surface area (Å²) in [6.45, 7) is 3.37. The number of ether oxygens (including phenoxy) is 2. The molecule has 0 unspecified atom stereocenters. The summed E-state index contributed by atoms with van der Waals surface area (Å²) in [6.07, 6.45) is -4.47. The number of morpholine rings is 1. The Kier molecular flexibility index (Phi) is 5.18. The van der Waals surface area contributed by atoms with Crippen molar-refractivity contribution in [1.29, 1.82) is 0 Å². The minimum atomic E-state index is -4.44. The summed E-state index contributed by atoms with van der Waals surface area (Å²) in [5, 5.41) is 0. The van der Waals surface area contributed by atoms with Crippen molar-refractivity contribution in [3.8, 4) is 11.5 Å². The van der Waals surface area contributed by atoms with Crippen molar-refractivity contribution in [3.05, 3.63) is 59.7 Å². The molecule has 2 aromatic carbocycles. The summed E-state index contributed by atoms with van der Waals surface area (Å²) in [6, 6.07) is 11.0. The predicted molar refractivity (Wildman–Crippen MR) is 89.3 cm³/mol. The number of nitrogens with zero attached hydrogens (tertiary/aromatic N) is 1. The minimum Gasteiger partial charge on any atom is -0.457 e. The fourth-order valence-corrected chi connectivity index (χ4v) is 2.75. The Bertz CT molecular complexity index is 792. The SMILES string of the molecule is C[C@@H]1CN(C(=O)c2cccc(Oc3cccc(C(F)(F)F)c3)c2)CCO1. The minimum absolute atomic E-state index is 0.0303. The van der Waals surface area contributed by atoms with Crippen molar-refractivity contribution in [2.24, 2.45) is 0 Å². The van der Waals surface area contributed by atoms with Crippen LogP contribution in [0.3, 0.4) is 0 Å². The van der Waals surface area contributed by atoms with Crippen molar-refractivity contribution in [1.82, 2.24) is 4.90 Å². The molecule has 1 amide bonds. The van der Waals surface area contributed by atoms with Crippen molar-refractivity contribution in [2.75, 3.05) is 19.7 Å². The Balaban J connectivity index is 1.76. The molecule has 0 radical (unpaired) electrons. The van der Waals surface area contributed by atoms with E-state index in [1.54, 1.807) is 23.1 Å². The zero-order valence-corrected chi connectivity index (χ0v) is 14.1. The Morgan fingerprint density at radius 2 is 1.85 bits per heavy atom. The molecule has 0 aliphatic carbocycles. The number of carbonyl (C=O) groups excluding carboxylic acids is 1. The second-order valence-electron chi connectivity index (χ2n) is 6.09. The normalized spacial score (nSPS) is 17.8.